The van der Waals surface area contributed by atoms with Gasteiger partial charge in [0.05, 0.1) is 7.11 Å². The van der Waals surface area contributed by atoms with Gasteiger partial charge in [-0.05, 0) is 12.1 Å². The normalized spacial score (nSPS) is 10.7. The Hall–Kier alpha value is -3.02. The van der Waals surface area contributed by atoms with Crippen LogP contribution in [0.1, 0.15) is 0 Å². The highest BCUT2D eigenvalue weighted by atomic mass is 16.5. The zero-order chi connectivity index (χ0) is 15.0. The Morgan fingerprint density at radius 3 is 2.52 bits per heavy atom. The largest absolute Gasteiger partial charge is 0.504 e. The molecule has 6 nitrogen and oxygen atoms in total. The van der Waals surface area contributed by atoms with Crippen molar-refractivity contribution in [3.63, 3.8) is 0 Å². The van der Waals surface area contributed by atoms with E-state index in [1.54, 1.807) is 24.5 Å². The Bertz CT molecular complexity index is 871. The van der Waals surface area contributed by atoms with Crippen molar-refractivity contribution in [1.29, 1.82) is 0 Å². The quantitative estimate of drug-likeness (QED) is 0.702. The fourth-order valence-corrected chi connectivity index (χ4v) is 2.08. The van der Waals surface area contributed by atoms with Crippen molar-refractivity contribution in [2.24, 2.45) is 0 Å². The van der Waals surface area contributed by atoms with Crippen molar-refractivity contribution in [1.82, 2.24) is 4.98 Å². The maximum absolute atomic E-state index is 12.2. The molecule has 3 aromatic rings. The third-order valence-electron chi connectivity index (χ3n) is 3.12. The highest BCUT2D eigenvalue weighted by Crippen LogP contribution is 2.41. The Morgan fingerprint density at radius 1 is 1.14 bits per heavy atom. The molecule has 0 saturated heterocycles. The average molecular weight is 285 g/mol. The Labute approximate surface area is 118 Å². The summed E-state index contributed by atoms with van der Waals surface area (Å²) in [6.07, 6.45) is 3.16. The van der Waals surface area contributed by atoms with Crippen molar-refractivity contribution in [2.45, 2.75) is 0 Å². The summed E-state index contributed by atoms with van der Waals surface area (Å²) < 4.78 is 10.6. The topological polar surface area (TPSA) is 92.8 Å². The van der Waals surface area contributed by atoms with Gasteiger partial charge in [0.15, 0.2) is 16.9 Å². The number of methoxy groups -OCH3 is 1. The number of phenolic OH excluding ortho intramolecular Hbond substituents is 2. The second kappa shape index (κ2) is 4.82. The molecule has 0 fully saturated rings. The van der Waals surface area contributed by atoms with Crippen LogP contribution < -0.4 is 10.2 Å². The van der Waals surface area contributed by atoms with Crippen molar-refractivity contribution in [3.8, 4) is 28.6 Å². The van der Waals surface area contributed by atoms with Crippen LogP contribution >= 0.6 is 0 Å². The standard InChI is InChI=1S/C15H11NO5/c1-20-12-7-11-13(15(19)14(12)18)9(17)6-10(21-11)8-2-4-16-5-3-8/h2-7,18-19H,1H3. The van der Waals surface area contributed by atoms with E-state index in [1.807, 2.05) is 0 Å². The molecule has 106 valence electrons. The van der Waals surface area contributed by atoms with Gasteiger partial charge in [-0.25, -0.2) is 0 Å². The molecule has 0 atom stereocenters. The molecule has 0 radical (unpaired) electrons. The summed E-state index contributed by atoms with van der Waals surface area (Å²) in [6.45, 7) is 0. The summed E-state index contributed by atoms with van der Waals surface area (Å²) in [5.41, 5.74) is 0.343. The lowest BCUT2D eigenvalue weighted by atomic mass is 10.1. The first-order chi connectivity index (χ1) is 10.1. The monoisotopic (exact) mass is 285 g/mol. The number of fused-ring (bicyclic) bond motifs is 1. The number of pyridine rings is 1. The number of benzene rings is 1. The summed E-state index contributed by atoms with van der Waals surface area (Å²) >= 11 is 0. The number of rotatable bonds is 2. The van der Waals surface area contributed by atoms with Gasteiger partial charge in [-0.1, -0.05) is 0 Å². The van der Waals surface area contributed by atoms with E-state index >= 15 is 0 Å². The van der Waals surface area contributed by atoms with Gasteiger partial charge in [0.2, 0.25) is 5.75 Å². The predicted molar refractivity (Wildman–Crippen MR) is 75.6 cm³/mol. The molecule has 2 N–H and O–H groups in total. The van der Waals surface area contributed by atoms with Gasteiger partial charge in [-0.2, -0.15) is 0 Å². The molecule has 3 rings (SSSR count). The number of aromatic hydroxyl groups is 2. The summed E-state index contributed by atoms with van der Waals surface area (Å²) in [6, 6.07) is 6.00. The first kappa shape index (κ1) is 13.0. The highest BCUT2D eigenvalue weighted by Gasteiger charge is 2.18. The van der Waals surface area contributed by atoms with Gasteiger partial charge in [-0.15, -0.1) is 0 Å². The molecule has 0 unspecified atom stereocenters. The summed E-state index contributed by atoms with van der Waals surface area (Å²) in [5.74, 6) is -0.689. The van der Waals surface area contributed by atoms with Gasteiger partial charge < -0.3 is 19.4 Å². The number of hydrogen-bond acceptors (Lipinski definition) is 6. The number of ether oxygens (including phenoxy) is 1. The molecular weight excluding hydrogens is 274 g/mol. The Kier molecular flexibility index (Phi) is 2.98. The van der Waals surface area contributed by atoms with Crippen molar-refractivity contribution >= 4 is 11.0 Å². The van der Waals surface area contributed by atoms with E-state index in [0.29, 0.717) is 11.3 Å². The molecule has 0 aliphatic rings. The predicted octanol–water partition coefficient (Wildman–Crippen LogP) is 2.27. The van der Waals surface area contributed by atoms with Crippen LogP contribution in [0.4, 0.5) is 0 Å². The third kappa shape index (κ3) is 2.06. The molecule has 0 amide bonds. The minimum absolute atomic E-state index is 0.0232. The van der Waals surface area contributed by atoms with Crippen LogP contribution in [0.5, 0.6) is 17.2 Å². The molecule has 0 spiro atoms. The molecule has 2 heterocycles. The molecule has 21 heavy (non-hydrogen) atoms. The van der Waals surface area contributed by atoms with Crippen LogP contribution in [0, 0.1) is 0 Å². The van der Waals surface area contributed by atoms with E-state index in [2.05, 4.69) is 4.98 Å². The summed E-state index contributed by atoms with van der Waals surface area (Å²) in [4.78, 5) is 16.1. The van der Waals surface area contributed by atoms with Crippen molar-refractivity contribution < 1.29 is 19.4 Å². The lowest BCUT2D eigenvalue weighted by Crippen LogP contribution is -2.01. The van der Waals surface area contributed by atoms with Crippen LogP contribution in [0.15, 0.2) is 45.9 Å². The molecule has 0 aliphatic carbocycles. The lowest BCUT2D eigenvalue weighted by molar-refractivity contribution is 0.352. The SMILES string of the molecule is COc1cc2oc(-c3ccncc3)cc(=O)c2c(O)c1O. The highest BCUT2D eigenvalue weighted by molar-refractivity contribution is 5.89. The van der Waals surface area contributed by atoms with Crippen LogP contribution in [0.3, 0.4) is 0 Å². The number of hydrogen-bond donors (Lipinski definition) is 2. The molecule has 6 heteroatoms. The van der Waals surface area contributed by atoms with Crippen LogP contribution in [-0.2, 0) is 0 Å². The average Bonchev–Trinajstić information content (AvgIpc) is 2.51. The Balaban J connectivity index is 2.35. The van der Waals surface area contributed by atoms with Gasteiger partial charge >= 0.3 is 0 Å². The fraction of sp³-hybridized carbons (Fsp3) is 0.0667. The second-order valence-corrected chi connectivity index (χ2v) is 4.36. The van der Waals surface area contributed by atoms with E-state index in [4.69, 9.17) is 9.15 Å². The van der Waals surface area contributed by atoms with Crippen LogP contribution in [0.2, 0.25) is 0 Å². The molecule has 0 bridgehead atoms. The number of phenols is 2. The summed E-state index contributed by atoms with van der Waals surface area (Å²) in [7, 11) is 1.34. The molecule has 0 saturated carbocycles. The molecular formula is C15H11NO5. The van der Waals surface area contributed by atoms with E-state index in [1.165, 1.54) is 19.2 Å². The Morgan fingerprint density at radius 2 is 1.86 bits per heavy atom. The van der Waals surface area contributed by atoms with Crippen molar-refractivity contribution in [2.75, 3.05) is 7.11 Å². The summed E-state index contributed by atoms with van der Waals surface area (Å²) in [5, 5.41) is 19.6. The molecule has 0 aliphatic heterocycles. The maximum atomic E-state index is 12.2. The smallest absolute Gasteiger partial charge is 0.201 e. The first-order valence-electron chi connectivity index (χ1n) is 6.09. The zero-order valence-electron chi connectivity index (χ0n) is 11.0. The fourth-order valence-electron chi connectivity index (χ4n) is 2.08. The van der Waals surface area contributed by atoms with Crippen molar-refractivity contribution in [3.05, 3.63) is 46.9 Å². The maximum Gasteiger partial charge on any atom is 0.201 e. The second-order valence-electron chi connectivity index (χ2n) is 4.36. The van der Waals surface area contributed by atoms with Gasteiger partial charge in [0.1, 0.15) is 16.7 Å². The van der Waals surface area contributed by atoms with E-state index in [9.17, 15) is 15.0 Å². The number of aromatic nitrogens is 1. The minimum atomic E-state index is -0.556. The zero-order valence-corrected chi connectivity index (χ0v) is 11.0. The first-order valence-corrected chi connectivity index (χ1v) is 6.09. The third-order valence-corrected chi connectivity index (χ3v) is 3.12. The van der Waals surface area contributed by atoms with E-state index in [-0.39, 0.29) is 16.7 Å². The van der Waals surface area contributed by atoms with Gasteiger partial charge in [0.25, 0.3) is 0 Å². The van der Waals surface area contributed by atoms with E-state index < -0.39 is 16.9 Å². The van der Waals surface area contributed by atoms with Crippen LogP contribution in [0.25, 0.3) is 22.3 Å². The van der Waals surface area contributed by atoms with Gasteiger partial charge in [0, 0.05) is 30.1 Å². The van der Waals surface area contributed by atoms with Crippen LogP contribution in [-0.4, -0.2) is 22.3 Å². The lowest BCUT2D eigenvalue weighted by Gasteiger charge is -2.09. The minimum Gasteiger partial charge on any atom is -0.504 e. The molecule has 2 aromatic heterocycles. The molecule has 1 aromatic carbocycles. The van der Waals surface area contributed by atoms with Gasteiger partial charge in [-0.3, -0.25) is 9.78 Å². The van der Waals surface area contributed by atoms with E-state index in [0.717, 1.165) is 0 Å². The number of nitrogens with zero attached hydrogens (tertiary/aromatic N) is 1.